The fraction of sp³-hybridized carbons (Fsp3) is 0.0714. The highest BCUT2D eigenvalue weighted by Gasteiger charge is 2.19. The van der Waals surface area contributed by atoms with Crippen molar-refractivity contribution in [1.82, 2.24) is 0 Å². The van der Waals surface area contributed by atoms with Crippen LogP contribution < -0.4 is 0 Å². The summed E-state index contributed by atoms with van der Waals surface area (Å²) < 4.78 is 53.4. The minimum atomic E-state index is -1.06. The van der Waals surface area contributed by atoms with Gasteiger partial charge in [-0.3, -0.25) is 4.79 Å². The van der Waals surface area contributed by atoms with Gasteiger partial charge >= 0.3 is 0 Å². The summed E-state index contributed by atoms with van der Waals surface area (Å²) in [6.45, 7) is 0. The molecule has 0 saturated heterocycles. The minimum Gasteiger partial charge on any atom is -0.294 e. The number of hydrogen-bond acceptors (Lipinski definition) is 1. The van der Waals surface area contributed by atoms with Gasteiger partial charge in [-0.1, -0.05) is 0 Å². The number of rotatable bonds is 3. The van der Waals surface area contributed by atoms with Crippen LogP contribution in [0.5, 0.6) is 0 Å². The van der Waals surface area contributed by atoms with Gasteiger partial charge in [0, 0.05) is 18.1 Å². The summed E-state index contributed by atoms with van der Waals surface area (Å²) in [6, 6.07) is 4.56. The lowest BCUT2D eigenvalue weighted by Crippen LogP contribution is -2.10. The molecule has 0 fully saturated rings. The van der Waals surface area contributed by atoms with Crippen molar-refractivity contribution in [2.75, 3.05) is 0 Å². The van der Waals surface area contributed by atoms with Crippen LogP contribution in [0.1, 0.15) is 15.9 Å². The third-order valence-corrected chi connectivity index (χ3v) is 3.32. The average Bonchev–Trinajstić information content (AvgIpc) is 2.39. The van der Waals surface area contributed by atoms with Crippen LogP contribution in [0, 0.1) is 23.3 Å². The van der Waals surface area contributed by atoms with Crippen molar-refractivity contribution in [1.29, 1.82) is 0 Å². The monoisotopic (exact) mass is 346 g/mol. The summed E-state index contributed by atoms with van der Waals surface area (Å²) in [5.41, 5.74) is -0.877. The van der Waals surface area contributed by atoms with E-state index >= 15 is 0 Å². The van der Waals surface area contributed by atoms with E-state index in [-0.39, 0.29) is 4.47 Å². The van der Waals surface area contributed by atoms with Crippen molar-refractivity contribution in [3.8, 4) is 0 Å². The van der Waals surface area contributed by atoms with E-state index in [1.807, 2.05) is 0 Å². The fourth-order valence-corrected chi connectivity index (χ4v) is 2.07. The van der Waals surface area contributed by atoms with E-state index in [1.54, 1.807) is 0 Å². The molecule has 0 radical (unpaired) electrons. The fourth-order valence-electron chi connectivity index (χ4n) is 1.70. The smallest absolute Gasteiger partial charge is 0.170 e. The van der Waals surface area contributed by atoms with E-state index in [2.05, 4.69) is 15.9 Å². The predicted octanol–water partition coefficient (Wildman–Crippen LogP) is 4.43. The molecule has 0 aliphatic heterocycles. The highest BCUT2D eigenvalue weighted by atomic mass is 79.9. The van der Waals surface area contributed by atoms with Gasteiger partial charge < -0.3 is 0 Å². The van der Waals surface area contributed by atoms with Gasteiger partial charge in [0.15, 0.2) is 5.78 Å². The van der Waals surface area contributed by atoms with Gasteiger partial charge in [0.1, 0.15) is 23.3 Å². The Morgan fingerprint density at radius 3 is 2.35 bits per heavy atom. The lowest BCUT2D eigenvalue weighted by atomic mass is 10.0. The van der Waals surface area contributed by atoms with E-state index < -0.39 is 46.6 Å². The molecule has 0 aliphatic carbocycles. The van der Waals surface area contributed by atoms with Crippen LogP contribution in [0.25, 0.3) is 0 Å². The van der Waals surface area contributed by atoms with Crippen molar-refractivity contribution in [3.63, 3.8) is 0 Å². The molecule has 0 saturated carbocycles. The molecule has 0 heterocycles. The summed E-state index contributed by atoms with van der Waals surface area (Å²) in [5, 5.41) is 0. The lowest BCUT2D eigenvalue weighted by molar-refractivity contribution is 0.0986. The molecule has 2 rings (SSSR count). The Labute approximate surface area is 120 Å². The first-order chi connectivity index (χ1) is 9.40. The summed E-state index contributed by atoms with van der Waals surface area (Å²) in [6.07, 6.45) is -0.653. The molecule has 0 unspecified atom stereocenters. The molecular weight excluding hydrogens is 340 g/mol. The van der Waals surface area contributed by atoms with E-state index in [1.165, 1.54) is 0 Å². The number of ketones is 1. The molecule has 6 heteroatoms. The Morgan fingerprint density at radius 2 is 1.70 bits per heavy atom. The van der Waals surface area contributed by atoms with Gasteiger partial charge in [-0.05, 0) is 40.2 Å². The summed E-state index contributed by atoms with van der Waals surface area (Å²) in [7, 11) is 0. The van der Waals surface area contributed by atoms with Crippen LogP contribution in [0.4, 0.5) is 17.6 Å². The molecular formula is C14H7BrF4O. The Bertz CT molecular complexity index is 685. The SMILES string of the molecule is O=C(Cc1c(F)ccc(Br)c1F)c1ccc(F)cc1F. The van der Waals surface area contributed by atoms with Crippen molar-refractivity contribution in [3.05, 3.63) is 69.2 Å². The van der Waals surface area contributed by atoms with E-state index in [9.17, 15) is 22.4 Å². The molecule has 0 N–H and O–H groups in total. The summed E-state index contributed by atoms with van der Waals surface area (Å²) in [4.78, 5) is 11.9. The first-order valence-electron chi connectivity index (χ1n) is 5.50. The van der Waals surface area contributed by atoms with Gasteiger partial charge in [0.2, 0.25) is 0 Å². The van der Waals surface area contributed by atoms with E-state index in [0.717, 1.165) is 24.3 Å². The highest BCUT2D eigenvalue weighted by Crippen LogP contribution is 2.23. The van der Waals surface area contributed by atoms with Crippen LogP contribution >= 0.6 is 15.9 Å². The van der Waals surface area contributed by atoms with Gasteiger partial charge in [-0.25, -0.2) is 17.6 Å². The van der Waals surface area contributed by atoms with Gasteiger partial charge in [0.25, 0.3) is 0 Å². The third kappa shape index (κ3) is 2.90. The number of benzene rings is 2. The van der Waals surface area contributed by atoms with Crippen LogP contribution in [-0.2, 0) is 6.42 Å². The molecule has 20 heavy (non-hydrogen) atoms. The third-order valence-electron chi connectivity index (χ3n) is 2.71. The minimum absolute atomic E-state index is 0.00118. The van der Waals surface area contributed by atoms with Crippen LogP contribution in [0.3, 0.4) is 0 Å². The average molecular weight is 347 g/mol. The maximum Gasteiger partial charge on any atom is 0.170 e. The number of hydrogen-bond donors (Lipinski definition) is 0. The Hall–Kier alpha value is -1.69. The molecule has 0 aliphatic rings. The molecule has 0 amide bonds. The molecule has 0 aromatic heterocycles. The van der Waals surface area contributed by atoms with Crippen molar-refractivity contribution in [2.24, 2.45) is 0 Å². The second-order valence-corrected chi connectivity index (χ2v) is 4.90. The maximum atomic E-state index is 13.7. The molecule has 2 aromatic rings. The van der Waals surface area contributed by atoms with Crippen LogP contribution in [0.15, 0.2) is 34.8 Å². The zero-order valence-corrected chi connectivity index (χ0v) is 11.5. The Kier molecular flexibility index (Phi) is 4.23. The van der Waals surface area contributed by atoms with E-state index in [4.69, 9.17) is 0 Å². The molecule has 1 nitrogen and oxygen atoms in total. The Balaban J connectivity index is 2.35. The number of carbonyl (C=O) groups is 1. The first-order valence-corrected chi connectivity index (χ1v) is 6.30. The second kappa shape index (κ2) is 5.75. The van der Waals surface area contributed by atoms with Gasteiger partial charge in [-0.2, -0.15) is 0 Å². The van der Waals surface area contributed by atoms with Gasteiger partial charge in [0.05, 0.1) is 10.0 Å². The second-order valence-electron chi connectivity index (χ2n) is 4.05. The summed E-state index contributed by atoms with van der Waals surface area (Å²) >= 11 is 2.87. The lowest BCUT2D eigenvalue weighted by Gasteiger charge is -2.07. The van der Waals surface area contributed by atoms with Crippen molar-refractivity contribution >= 4 is 21.7 Å². The number of halogens is 5. The predicted molar refractivity (Wildman–Crippen MR) is 68.5 cm³/mol. The number of Topliss-reactive ketones (excluding diaryl/α,β-unsaturated/α-hetero) is 1. The first kappa shape index (κ1) is 14.7. The van der Waals surface area contributed by atoms with Crippen LogP contribution in [-0.4, -0.2) is 5.78 Å². The normalized spacial score (nSPS) is 10.7. The standard InChI is InChI=1S/C14H7BrF4O/c15-10-3-4-11(17)9(14(10)19)6-13(20)8-2-1-7(16)5-12(8)18/h1-5H,6H2. The van der Waals surface area contributed by atoms with Crippen molar-refractivity contribution < 1.29 is 22.4 Å². The maximum absolute atomic E-state index is 13.7. The highest BCUT2D eigenvalue weighted by molar-refractivity contribution is 9.10. The number of carbonyl (C=O) groups excluding carboxylic acids is 1. The zero-order valence-electron chi connectivity index (χ0n) is 9.89. The topological polar surface area (TPSA) is 17.1 Å². The Morgan fingerprint density at radius 1 is 1.00 bits per heavy atom. The van der Waals surface area contributed by atoms with Crippen molar-refractivity contribution in [2.45, 2.75) is 6.42 Å². The van der Waals surface area contributed by atoms with Gasteiger partial charge in [-0.15, -0.1) is 0 Å². The summed E-state index contributed by atoms with van der Waals surface area (Å²) in [5.74, 6) is -4.55. The largest absolute Gasteiger partial charge is 0.294 e. The zero-order chi connectivity index (χ0) is 14.9. The molecule has 104 valence electrons. The molecule has 2 aromatic carbocycles. The van der Waals surface area contributed by atoms with E-state index in [0.29, 0.717) is 6.07 Å². The van der Waals surface area contributed by atoms with Crippen LogP contribution in [0.2, 0.25) is 0 Å². The molecule has 0 atom stereocenters. The quantitative estimate of drug-likeness (QED) is 0.456. The molecule has 0 spiro atoms. The molecule has 0 bridgehead atoms.